The molecule has 0 radical (unpaired) electrons. The third-order valence-corrected chi connectivity index (χ3v) is 3.87. The molecule has 0 saturated carbocycles. The number of fused-ring (bicyclic) bond motifs is 1. The number of nitrogens with zero attached hydrogens (tertiary/aromatic N) is 1. The number of nitrogens with one attached hydrogen (secondary N) is 1. The molecule has 0 unspecified atom stereocenters. The maximum absolute atomic E-state index is 12.2. The topological polar surface area (TPSA) is 43.3 Å². The molecule has 2 aromatic rings. The molecule has 4 nitrogen and oxygen atoms in total. The highest BCUT2D eigenvalue weighted by Crippen LogP contribution is 2.35. The Morgan fingerprint density at radius 1 is 1.19 bits per heavy atom. The average Bonchev–Trinajstić information content (AvgIpc) is 2.65. The number of hydrogen-bond acceptors (Lipinski definition) is 2. The lowest BCUT2D eigenvalue weighted by Gasteiger charge is -2.33. The summed E-state index contributed by atoms with van der Waals surface area (Å²) in [4.78, 5) is 12.2. The van der Waals surface area contributed by atoms with Crippen molar-refractivity contribution in [3.63, 3.8) is 0 Å². The van der Waals surface area contributed by atoms with Gasteiger partial charge in [-0.2, -0.15) is 0 Å². The second kappa shape index (κ2) is 4.53. The van der Waals surface area contributed by atoms with Crippen LogP contribution in [0.4, 0.5) is 0 Å². The monoisotopic (exact) mass is 304 g/mol. The summed E-state index contributed by atoms with van der Waals surface area (Å²) in [5.41, 5.74) is 2.74. The van der Waals surface area contributed by atoms with Gasteiger partial charge in [0, 0.05) is 17.5 Å². The molecule has 1 aromatic heterocycles. The summed E-state index contributed by atoms with van der Waals surface area (Å²) in [5.74, 6) is 0.303. The first-order chi connectivity index (χ1) is 9.78. The molecular weight excluding hydrogens is 288 g/mol. The van der Waals surface area contributed by atoms with Crippen LogP contribution in [0.1, 0.15) is 35.6 Å². The minimum Gasteiger partial charge on any atom is -0.468 e. The van der Waals surface area contributed by atoms with Crippen LogP contribution in [0.5, 0.6) is 5.75 Å². The summed E-state index contributed by atoms with van der Waals surface area (Å²) < 4.78 is 7.94. The van der Waals surface area contributed by atoms with Gasteiger partial charge in [0.25, 0.3) is 5.91 Å². The van der Waals surface area contributed by atoms with Crippen molar-refractivity contribution in [2.24, 2.45) is 0 Å². The summed E-state index contributed by atoms with van der Waals surface area (Å²) in [5, 5.41) is 3.17. The van der Waals surface area contributed by atoms with E-state index in [1.807, 2.05) is 32.0 Å². The van der Waals surface area contributed by atoms with Gasteiger partial charge in [-0.1, -0.05) is 11.6 Å². The molecule has 0 bridgehead atoms. The van der Waals surface area contributed by atoms with Gasteiger partial charge in [0.1, 0.15) is 11.3 Å². The van der Waals surface area contributed by atoms with Gasteiger partial charge in [-0.15, -0.1) is 0 Å². The van der Waals surface area contributed by atoms with Gasteiger partial charge in [-0.05, 0) is 45.9 Å². The number of benzene rings is 1. The van der Waals surface area contributed by atoms with E-state index in [2.05, 4.69) is 9.88 Å². The lowest BCUT2D eigenvalue weighted by atomic mass is 10.1. The fourth-order valence-electron chi connectivity index (χ4n) is 2.71. The fraction of sp³-hybridized carbons (Fsp3) is 0.312. The number of aryl methyl sites for hydroxylation is 2. The van der Waals surface area contributed by atoms with E-state index >= 15 is 0 Å². The number of hydrogen-bond donors (Lipinski definition) is 1. The molecule has 0 aliphatic carbocycles. The normalized spacial score (nSPS) is 16.1. The highest BCUT2D eigenvalue weighted by atomic mass is 35.5. The SMILES string of the molecule is Cc1ccc(C)n1-c1cc(Cl)c2c(c1)OC(C)(C)NC2=O. The number of ether oxygens (including phenoxy) is 1. The first kappa shape index (κ1) is 14.0. The zero-order chi connectivity index (χ0) is 15.4. The van der Waals surface area contributed by atoms with Gasteiger partial charge in [0.15, 0.2) is 5.72 Å². The highest BCUT2D eigenvalue weighted by Gasteiger charge is 2.33. The van der Waals surface area contributed by atoms with Crippen LogP contribution in [0.15, 0.2) is 24.3 Å². The van der Waals surface area contributed by atoms with E-state index < -0.39 is 5.72 Å². The van der Waals surface area contributed by atoms with Crippen molar-refractivity contribution in [2.75, 3.05) is 0 Å². The van der Waals surface area contributed by atoms with Crippen molar-refractivity contribution in [2.45, 2.75) is 33.4 Å². The maximum atomic E-state index is 12.2. The Labute approximate surface area is 128 Å². The average molecular weight is 305 g/mol. The van der Waals surface area contributed by atoms with E-state index in [0.29, 0.717) is 16.3 Å². The molecule has 1 aliphatic heterocycles. The van der Waals surface area contributed by atoms with E-state index in [-0.39, 0.29) is 5.91 Å². The molecule has 5 heteroatoms. The maximum Gasteiger partial charge on any atom is 0.259 e. The van der Waals surface area contributed by atoms with Gasteiger partial charge >= 0.3 is 0 Å². The number of rotatable bonds is 1. The summed E-state index contributed by atoms with van der Waals surface area (Å²) in [6.07, 6.45) is 0. The van der Waals surface area contributed by atoms with Crippen LogP contribution in [0.2, 0.25) is 5.02 Å². The van der Waals surface area contributed by atoms with Crippen LogP contribution >= 0.6 is 11.6 Å². The minimum atomic E-state index is -0.743. The molecule has 3 rings (SSSR count). The predicted molar refractivity (Wildman–Crippen MR) is 82.4 cm³/mol. The zero-order valence-electron chi connectivity index (χ0n) is 12.5. The van der Waals surface area contributed by atoms with Gasteiger partial charge in [0.2, 0.25) is 0 Å². The number of carbonyl (C=O) groups excluding carboxylic acids is 1. The quantitative estimate of drug-likeness (QED) is 0.874. The van der Waals surface area contributed by atoms with Crippen molar-refractivity contribution in [1.82, 2.24) is 9.88 Å². The molecule has 1 N–H and O–H groups in total. The standard InChI is InChI=1S/C16H17ClN2O2/c1-9-5-6-10(2)19(9)11-7-12(17)14-13(8-11)21-16(3,4)18-15(14)20/h5-8H,1-4H3,(H,18,20). The van der Waals surface area contributed by atoms with Crippen LogP contribution in [0.3, 0.4) is 0 Å². The lowest BCUT2D eigenvalue weighted by molar-refractivity contribution is 0.0433. The van der Waals surface area contributed by atoms with Crippen LogP contribution in [0.25, 0.3) is 5.69 Å². The summed E-state index contributed by atoms with van der Waals surface area (Å²) in [7, 11) is 0. The Kier molecular flexibility index (Phi) is 3.02. The molecule has 110 valence electrons. The van der Waals surface area contributed by atoms with Crippen molar-refractivity contribution in [1.29, 1.82) is 0 Å². The minimum absolute atomic E-state index is 0.209. The Morgan fingerprint density at radius 3 is 2.43 bits per heavy atom. The largest absolute Gasteiger partial charge is 0.468 e. The summed E-state index contributed by atoms with van der Waals surface area (Å²) in [6.45, 7) is 7.66. The molecular formula is C16H17ClN2O2. The van der Waals surface area contributed by atoms with E-state index in [0.717, 1.165) is 17.1 Å². The van der Waals surface area contributed by atoms with E-state index in [1.54, 1.807) is 19.9 Å². The zero-order valence-corrected chi connectivity index (χ0v) is 13.2. The van der Waals surface area contributed by atoms with Crippen LogP contribution < -0.4 is 10.1 Å². The molecule has 2 heterocycles. The molecule has 0 atom stereocenters. The second-order valence-electron chi connectivity index (χ2n) is 5.82. The molecule has 0 saturated heterocycles. The second-order valence-corrected chi connectivity index (χ2v) is 6.23. The van der Waals surface area contributed by atoms with Gasteiger partial charge in [-0.3, -0.25) is 4.79 Å². The van der Waals surface area contributed by atoms with Gasteiger partial charge in [-0.25, -0.2) is 0 Å². The highest BCUT2D eigenvalue weighted by molar-refractivity contribution is 6.34. The third kappa shape index (κ3) is 2.29. The Balaban J connectivity index is 2.20. The smallest absolute Gasteiger partial charge is 0.259 e. The Morgan fingerprint density at radius 2 is 1.81 bits per heavy atom. The van der Waals surface area contributed by atoms with E-state index in [9.17, 15) is 4.79 Å². The lowest BCUT2D eigenvalue weighted by Crippen LogP contribution is -2.51. The van der Waals surface area contributed by atoms with E-state index in [4.69, 9.17) is 16.3 Å². The van der Waals surface area contributed by atoms with Crippen molar-refractivity contribution in [3.05, 3.63) is 46.2 Å². The van der Waals surface area contributed by atoms with E-state index in [1.165, 1.54) is 0 Å². The Hall–Kier alpha value is -1.94. The van der Waals surface area contributed by atoms with Crippen molar-refractivity contribution in [3.8, 4) is 11.4 Å². The first-order valence-electron chi connectivity index (χ1n) is 6.79. The fourth-order valence-corrected chi connectivity index (χ4v) is 3.00. The number of amides is 1. The third-order valence-electron chi connectivity index (χ3n) is 3.57. The molecule has 1 aliphatic rings. The number of aromatic nitrogens is 1. The van der Waals surface area contributed by atoms with Gasteiger partial charge in [0.05, 0.1) is 10.7 Å². The number of carbonyl (C=O) groups is 1. The number of halogens is 1. The molecule has 1 aromatic carbocycles. The van der Waals surface area contributed by atoms with Gasteiger partial charge < -0.3 is 14.6 Å². The van der Waals surface area contributed by atoms with Crippen LogP contribution in [0, 0.1) is 13.8 Å². The molecule has 1 amide bonds. The first-order valence-corrected chi connectivity index (χ1v) is 7.17. The predicted octanol–water partition coefficient (Wildman–Crippen LogP) is 3.61. The summed E-state index contributed by atoms with van der Waals surface area (Å²) >= 11 is 6.30. The van der Waals surface area contributed by atoms with Crippen LogP contribution in [-0.2, 0) is 0 Å². The molecule has 21 heavy (non-hydrogen) atoms. The van der Waals surface area contributed by atoms with Crippen molar-refractivity contribution >= 4 is 17.5 Å². The Bertz CT molecular complexity index is 727. The van der Waals surface area contributed by atoms with Crippen LogP contribution in [-0.4, -0.2) is 16.2 Å². The molecule has 0 spiro atoms. The van der Waals surface area contributed by atoms with Crippen molar-refractivity contribution < 1.29 is 9.53 Å². The summed E-state index contributed by atoms with van der Waals surface area (Å²) in [6, 6.07) is 7.74. The molecule has 0 fully saturated rings.